The molecule has 0 saturated carbocycles. The zero-order chi connectivity index (χ0) is 30.5. The van der Waals surface area contributed by atoms with Crippen LogP contribution < -0.4 is 4.90 Å². The van der Waals surface area contributed by atoms with E-state index in [2.05, 4.69) is 55.4 Å². The number of aliphatic hydroxyl groups is 1. The highest BCUT2D eigenvalue weighted by Gasteiger charge is 2.48. The van der Waals surface area contributed by atoms with Gasteiger partial charge in [0.15, 0.2) is 10.1 Å². The summed E-state index contributed by atoms with van der Waals surface area (Å²) in [6, 6.07) is 24.6. The minimum Gasteiger partial charge on any atom is -0.505 e. The Bertz CT molecular complexity index is 2130. The number of pyridine rings is 1. The van der Waals surface area contributed by atoms with Crippen LogP contribution >= 0.6 is 39.0 Å². The molecule has 8 nitrogen and oxygen atoms in total. The second kappa shape index (κ2) is 11.3. The van der Waals surface area contributed by atoms with E-state index in [4.69, 9.17) is 0 Å². The molecule has 6 aromatic rings. The summed E-state index contributed by atoms with van der Waals surface area (Å²) in [4.78, 5) is 33.4. The van der Waals surface area contributed by atoms with E-state index in [0.29, 0.717) is 27.0 Å². The van der Waals surface area contributed by atoms with E-state index in [1.165, 1.54) is 38.9 Å². The monoisotopic (exact) mass is 681 g/mol. The van der Waals surface area contributed by atoms with Gasteiger partial charge in [0.25, 0.3) is 5.78 Å². The topological polar surface area (TPSA) is 101 Å². The van der Waals surface area contributed by atoms with Gasteiger partial charge in [0.05, 0.1) is 17.3 Å². The molecule has 0 aliphatic carbocycles. The Morgan fingerprint density at radius 1 is 0.977 bits per heavy atom. The van der Waals surface area contributed by atoms with E-state index < -0.39 is 17.7 Å². The maximum absolute atomic E-state index is 13.7. The Morgan fingerprint density at radius 2 is 1.75 bits per heavy atom. The third-order valence-electron chi connectivity index (χ3n) is 7.77. The van der Waals surface area contributed by atoms with Crippen molar-refractivity contribution in [1.29, 1.82) is 0 Å². The van der Waals surface area contributed by atoms with Crippen molar-refractivity contribution in [2.45, 2.75) is 30.0 Å². The number of carbonyl (C=O) groups excluding carboxylic acids is 2. The van der Waals surface area contributed by atoms with Gasteiger partial charge in [0, 0.05) is 16.4 Å². The molecule has 11 heteroatoms. The molecule has 1 amide bonds. The van der Waals surface area contributed by atoms with Gasteiger partial charge in [0.2, 0.25) is 5.13 Å². The summed E-state index contributed by atoms with van der Waals surface area (Å²) < 4.78 is 3.36. The van der Waals surface area contributed by atoms with Crippen molar-refractivity contribution in [2.75, 3.05) is 4.90 Å². The van der Waals surface area contributed by atoms with Gasteiger partial charge in [-0.1, -0.05) is 99.7 Å². The standard InChI is InChI=1S/C33H24BrN5O3S2/c1-18-7-6-16-38-19(2)26(35-30(18)38)28(40)25-27(21-12-14-23(34)15-13-21)39(31(42)29(25)41)32-36-37-33(44-32)43-17-22-10-5-9-20-8-3-4-11-24(20)22/h3-16,27,40H,17H2,1-2H3/b28-25+. The fourth-order valence-electron chi connectivity index (χ4n) is 5.58. The number of fused-ring (bicyclic) bond motifs is 2. The number of ketones is 1. The van der Waals surface area contributed by atoms with Gasteiger partial charge < -0.3 is 9.51 Å². The van der Waals surface area contributed by atoms with Crippen LogP contribution in [0.1, 0.15) is 34.1 Å². The summed E-state index contributed by atoms with van der Waals surface area (Å²) in [6.07, 6.45) is 1.85. The number of benzene rings is 3. The van der Waals surface area contributed by atoms with E-state index in [1.54, 1.807) is 0 Å². The van der Waals surface area contributed by atoms with Crippen LogP contribution in [0.2, 0.25) is 0 Å². The number of nitrogens with zero attached hydrogens (tertiary/aromatic N) is 5. The first kappa shape index (κ1) is 28.5. The number of halogens is 1. The molecule has 4 heterocycles. The molecule has 1 N–H and O–H groups in total. The number of anilines is 1. The molecule has 3 aromatic heterocycles. The number of aromatic nitrogens is 4. The fraction of sp³-hybridized carbons (Fsp3) is 0.121. The molecule has 3 aromatic carbocycles. The summed E-state index contributed by atoms with van der Waals surface area (Å²) in [5.41, 5.74) is 4.26. The maximum Gasteiger partial charge on any atom is 0.301 e. The molecule has 1 aliphatic heterocycles. The van der Waals surface area contributed by atoms with Crippen LogP contribution in [-0.4, -0.2) is 36.4 Å². The lowest BCUT2D eigenvalue weighted by atomic mass is 9.96. The van der Waals surface area contributed by atoms with Crippen LogP contribution in [0.4, 0.5) is 5.13 Å². The number of thioether (sulfide) groups is 1. The number of imidazole rings is 1. The number of hydrogen-bond donors (Lipinski definition) is 1. The van der Waals surface area contributed by atoms with Crippen LogP contribution in [0.3, 0.4) is 0 Å². The molecular formula is C33H24BrN5O3S2. The third-order valence-corrected chi connectivity index (χ3v) is 10.4. The zero-order valence-electron chi connectivity index (χ0n) is 23.6. The fourth-order valence-corrected chi connectivity index (χ4v) is 7.72. The van der Waals surface area contributed by atoms with Crippen LogP contribution in [0.5, 0.6) is 0 Å². The Hall–Kier alpha value is -4.32. The molecule has 1 atom stereocenters. The predicted octanol–water partition coefficient (Wildman–Crippen LogP) is 7.64. The van der Waals surface area contributed by atoms with Crippen LogP contribution in [0.15, 0.2) is 99.4 Å². The van der Waals surface area contributed by atoms with Gasteiger partial charge in [0.1, 0.15) is 11.3 Å². The first-order valence-corrected chi connectivity index (χ1v) is 16.4. The average molecular weight is 683 g/mol. The van der Waals surface area contributed by atoms with Gasteiger partial charge in [-0.2, -0.15) is 0 Å². The van der Waals surface area contributed by atoms with Gasteiger partial charge in [-0.15, -0.1) is 10.2 Å². The van der Waals surface area contributed by atoms with Crippen LogP contribution in [0, 0.1) is 13.8 Å². The lowest BCUT2D eigenvalue weighted by molar-refractivity contribution is -0.132. The Balaban J connectivity index is 1.29. The number of amides is 1. The molecule has 7 rings (SSSR count). The number of rotatable bonds is 6. The van der Waals surface area contributed by atoms with Crippen molar-refractivity contribution in [1.82, 2.24) is 19.6 Å². The van der Waals surface area contributed by atoms with Gasteiger partial charge in [-0.25, -0.2) is 4.98 Å². The van der Waals surface area contributed by atoms with E-state index in [1.807, 2.05) is 79.0 Å². The lowest BCUT2D eigenvalue weighted by Crippen LogP contribution is -2.29. The molecule has 0 bridgehead atoms. The molecule has 1 saturated heterocycles. The third kappa shape index (κ3) is 4.81. The van der Waals surface area contributed by atoms with Crippen LogP contribution in [0.25, 0.3) is 22.2 Å². The number of aliphatic hydroxyl groups excluding tert-OH is 1. The predicted molar refractivity (Wildman–Crippen MR) is 177 cm³/mol. The quantitative estimate of drug-likeness (QED) is 0.0634. The first-order valence-electron chi connectivity index (χ1n) is 13.8. The SMILES string of the molecule is Cc1cccn2c(C)c(/C(O)=C3\C(=O)C(=O)N(c4nnc(SCc5cccc6ccccc56)s4)C3c3ccc(Br)cc3)nc12. The number of Topliss-reactive ketones (excluding diaryl/α,β-unsaturated/α-hetero) is 1. The summed E-state index contributed by atoms with van der Waals surface area (Å²) in [6.45, 7) is 3.75. The lowest BCUT2D eigenvalue weighted by Gasteiger charge is -2.22. The molecule has 0 radical (unpaired) electrons. The highest BCUT2D eigenvalue weighted by Crippen LogP contribution is 2.44. The summed E-state index contributed by atoms with van der Waals surface area (Å²) in [5, 5.41) is 23.0. The first-order chi connectivity index (χ1) is 21.3. The van der Waals surface area contributed by atoms with Gasteiger partial charge in [-0.3, -0.25) is 14.5 Å². The highest BCUT2D eigenvalue weighted by atomic mass is 79.9. The van der Waals surface area contributed by atoms with Gasteiger partial charge in [-0.05, 0) is 59.5 Å². The van der Waals surface area contributed by atoms with Crippen molar-refractivity contribution in [3.05, 3.63) is 123 Å². The van der Waals surface area contributed by atoms with Crippen molar-refractivity contribution < 1.29 is 14.7 Å². The number of hydrogen-bond acceptors (Lipinski definition) is 8. The van der Waals surface area contributed by atoms with Crippen molar-refractivity contribution in [3.63, 3.8) is 0 Å². The van der Waals surface area contributed by atoms with Crippen LogP contribution in [-0.2, 0) is 15.3 Å². The zero-order valence-corrected chi connectivity index (χ0v) is 26.8. The largest absolute Gasteiger partial charge is 0.505 e. The van der Waals surface area contributed by atoms with E-state index in [9.17, 15) is 14.7 Å². The number of carbonyl (C=O) groups is 2. The highest BCUT2D eigenvalue weighted by molar-refractivity contribution is 9.10. The summed E-state index contributed by atoms with van der Waals surface area (Å²) >= 11 is 6.23. The van der Waals surface area contributed by atoms with Crippen molar-refractivity contribution in [2.24, 2.45) is 0 Å². The second-order valence-electron chi connectivity index (χ2n) is 10.4. The smallest absolute Gasteiger partial charge is 0.301 e. The Morgan fingerprint density at radius 3 is 2.55 bits per heavy atom. The molecule has 1 unspecified atom stereocenters. The summed E-state index contributed by atoms with van der Waals surface area (Å²) in [5.74, 6) is -1.24. The maximum atomic E-state index is 13.7. The number of aryl methyl sites for hydroxylation is 2. The molecule has 0 spiro atoms. The Kier molecular flexibility index (Phi) is 7.31. The van der Waals surface area contributed by atoms with E-state index in [0.717, 1.165) is 15.4 Å². The average Bonchev–Trinajstić information content (AvgIpc) is 3.71. The second-order valence-corrected chi connectivity index (χ2v) is 13.5. The summed E-state index contributed by atoms with van der Waals surface area (Å²) in [7, 11) is 0. The molecule has 1 aliphatic rings. The Labute approximate surface area is 269 Å². The van der Waals surface area contributed by atoms with E-state index in [-0.39, 0.29) is 22.2 Å². The van der Waals surface area contributed by atoms with E-state index >= 15 is 0 Å². The van der Waals surface area contributed by atoms with Gasteiger partial charge >= 0.3 is 5.91 Å². The minimum atomic E-state index is -0.919. The van der Waals surface area contributed by atoms with Crippen molar-refractivity contribution in [3.8, 4) is 0 Å². The minimum absolute atomic E-state index is 0.0401. The molecular weight excluding hydrogens is 658 g/mol. The van der Waals surface area contributed by atoms with Crippen molar-refractivity contribution >= 4 is 78.0 Å². The molecule has 44 heavy (non-hydrogen) atoms. The molecule has 1 fully saturated rings. The molecule has 218 valence electrons. The normalized spacial score (nSPS) is 16.4.